The summed E-state index contributed by atoms with van der Waals surface area (Å²) in [6.45, 7) is 21.3. The number of pyridine rings is 1. The maximum Gasteiger partial charge on any atom is 0.496 e. The topological polar surface area (TPSA) is 60.8 Å². The quantitative estimate of drug-likeness (QED) is 0.744. The Morgan fingerprint density at radius 3 is 1.93 bits per heavy atom. The van der Waals surface area contributed by atoms with Crippen LogP contribution >= 0.6 is 0 Å². The molecule has 0 amide bonds. The van der Waals surface area contributed by atoms with Gasteiger partial charge in [-0.1, -0.05) is 26.8 Å². The molecule has 5 nitrogen and oxygen atoms in total. The Labute approximate surface area is 177 Å². The van der Waals surface area contributed by atoms with Gasteiger partial charge in [0.25, 0.3) is 0 Å². The van der Waals surface area contributed by atoms with Crippen LogP contribution < -0.4 is 5.46 Å². The van der Waals surface area contributed by atoms with Crippen LogP contribution in [-0.2, 0) is 19.3 Å². The molecule has 1 saturated carbocycles. The highest BCUT2D eigenvalue weighted by atomic mass is 28.4. The van der Waals surface area contributed by atoms with Crippen molar-refractivity contribution in [3.63, 3.8) is 0 Å². The summed E-state index contributed by atoms with van der Waals surface area (Å²) in [5, 5.41) is 10.6. The highest BCUT2D eigenvalue weighted by Crippen LogP contribution is 2.54. The van der Waals surface area contributed by atoms with Gasteiger partial charge in [0.1, 0.15) is 5.60 Å². The highest BCUT2D eigenvalue weighted by molar-refractivity contribution is 6.74. The zero-order chi connectivity index (χ0) is 22.1. The molecular formula is C22H38BNO4Si. The molecule has 2 fully saturated rings. The van der Waals surface area contributed by atoms with E-state index in [2.05, 4.69) is 33.9 Å². The van der Waals surface area contributed by atoms with Gasteiger partial charge in [0.05, 0.1) is 22.5 Å². The summed E-state index contributed by atoms with van der Waals surface area (Å²) in [5.41, 5.74) is -0.212. The van der Waals surface area contributed by atoms with Gasteiger partial charge in [0, 0.05) is 24.5 Å². The summed E-state index contributed by atoms with van der Waals surface area (Å²) in [6.07, 6.45) is 2.96. The summed E-state index contributed by atoms with van der Waals surface area (Å²) < 4.78 is 19.1. The van der Waals surface area contributed by atoms with Crippen molar-refractivity contribution in [2.24, 2.45) is 0 Å². The molecule has 1 aromatic rings. The summed E-state index contributed by atoms with van der Waals surface area (Å²) in [7, 11) is -2.46. The first-order valence-electron chi connectivity index (χ1n) is 10.6. The minimum Gasteiger partial charge on any atom is -0.406 e. The Kier molecular flexibility index (Phi) is 5.25. The molecule has 0 spiro atoms. The van der Waals surface area contributed by atoms with E-state index in [4.69, 9.17) is 18.7 Å². The number of aliphatic hydroxyl groups is 1. The van der Waals surface area contributed by atoms with Crippen LogP contribution in [0.2, 0.25) is 18.1 Å². The molecule has 3 rings (SSSR count). The van der Waals surface area contributed by atoms with Gasteiger partial charge in [-0.05, 0) is 58.8 Å². The molecule has 29 heavy (non-hydrogen) atoms. The van der Waals surface area contributed by atoms with E-state index in [1.54, 1.807) is 0 Å². The second kappa shape index (κ2) is 6.63. The fourth-order valence-corrected chi connectivity index (χ4v) is 5.45. The van der Waals surface area contributed by atoms with Crippen LogP contribution in [0.15, 0.2) is 18.3 Å². The van der Waals surface area contributed by atoms with E-state index in [-0.39, 0.29) is 16.2 Å². The van der Waals surface area contributed by atoms with Gasteiger partial charge in [0.2, 0.25) is 0 Å². The average Bonchev–Trinajstić information content (AvgIpc) is 2.72. The Morgan fingerprint density at radius 1 is 1.03 bits per heavy atom. The minimum atomic E-state index is -2.03. The first-order chi connectivity index (χ1) is 12.9. The second-order valence-electron chi connectivity index (χ2n) is 11.8. The molecule has 1 saturated heterocycles. The first-order valence-corrected chi connectivity index (χ1v) is 13.6. The van der Waals surface area contributed by atoms with Gasteiger partial charge in [0.15, 0.2) is 8.32 Å². The normalized spacial score (nSPS) is 31.6. The van der Waals surface area contributed by atoms with Gasteiger partial charge in [-0.3, -0.25) is 4.98 Å². The van der Waals surface area contributed by atoms with E-state index in [0.29, 0.717) is 12.8 Å². The van der Waals surface area contributed by atoms with E-state index in [1.807, 2.05) is 52.9 Å². The Hall–Kier alpha value is -0.728. The molecule has 1 aromatic heterocycles. The SMILES string of the molecule is CC1(C)OB(c2ccc([C@]3(O[Si](C)(C)C(C)(C)C)C[C@@](C)(O)C3)nc2)OC1(C)C. The van der Waals surface area contributed by atoms with Crippen molar-refractivity contribution in [1.82, 2.24) is 4.98 Å². The fourth-order valence-electron chi connectivity index (χ4n) is 3.92. The molecule has 162 valence electrons. The van der Waals surface area contributed by atoms with Crippen LogP contribution in [0.5, 0.6) is 0 Å². The molecular weight excluding hydrogens is 381 g/mol. The first kappa shape index (κ1) is 22.9. The van der Waals surface area contributed by atoms with Crippen LogP contribution in [0.1, 0.15) is 73.9 Å². The summed E-state index contributed by atoms with van der Waals surface area (Å²) >= 11 is 0. The van der Waals surface area contributed by atoms with Crippen LogP contribution in [0, 0.1) is 0 Å². The average molecular weight is 419 g/mol. The van der Waals surface area contributed by atoms with Crippen molar-refractivity contribution in [3.8, 4) is 0 Å². The number of hydrogen-bond acceptors (Lipinski definition) is 5. The zero-order valence-electron chi connectivity index (χ0n) is 19.8. The molecule has 1 N–H and O–H groups in total. The highest BCUT2D eigenvalue weighted by Gasteiger charge is 2.58. The molecule has 1 aliphatic heterocycles. The summed E-state index contributed by atoms with van der Waals surface area (Å²) in [6, 6.07) is 4.04. The monoisotopic (exact) mass is 419 g/mol. The zero-order valence-corrected chi connectivity index (χ0v) is 20.8. The van der Waals surface area contributed by atoms with Crippen molar-refractivity contribution in [3.05, 3.63) is 24.0 Å². The van der Waals surface area contributed by atoms with Crippen molar-refractivity contribution >= 4 is 20.9 Å². The molecule has 0 radical (unpaired) electrons. The molecule has 0 unspecified atom stereocenters. The summed E-state index contributed by atoms with van der Waals surface area (Å²) in [4.78, 5) is 4.77. The van der Waals surface area contributed by atoms with E-state index in [9.17, 15) is 5.11 Å². The van der Waals surface area contributed by atoms with E-state index >= 15 is 0 Å². The van der Waals surface area contributed by atoms with Gasteiger partial charge >= 0.3 is 7.12 Å². The van der Waals surface area contributed by atoms with Crippen molar-refractivity contribution in [1.29, 1.82) is 0 Å². The van der Waals surface area contributed by atoms with E-state index in [0.717, 1.165) is 11.2 Å². The number of hydrogen-bond donors (Lipinski definition) is 1. The van der Waals surface area contributed by atoms with Crippen LogP contribution in [-0.4, -0.2) is 42.3 Å². The predicted octanol–water partition coefficient (Wildman–Crippen LogP) is 4.14. The van der Waals surface area contributed by atoms with Gasteiger partial charge in [-0.2, -0.15) is 0 Å². The smallest absolute Gasteiger partial charge is 0.406 e. The third kappa shape index (κ3) is 4.09. The predicted molar refractivity (Wildman–Crippen MR) is 120 cm³/mol. The number of nitrogens with zero attached hydrogens (tertiary/aromatic N) is 1. The largest absolute Gasteiger partial charge is 0.496 e. The van der Waals surface area contributed by atoms with Crippen molar-refractivity contribution < 1.29 is 18.8 Å². The second-order valence-corrected chi connectivity index (χ2v) is 16.5. The van der Waals surface area contributed by atoms with Crippen molar-refractivity contribution in [2.45, 2.75) is 109 Å². The van der Waals surface area contributed by atoms with Crippen LogP contribution in [0.25, 0.3) is 0 Å². The third-order valence-corrected chi connectivity index (χ3v) is 11.9. The Bertz CT molecular complexity index is 744. The standard InChI is InChI=1S/C22H38BNO4Si/c1-18(2,3)29(9,10)28-22(14-21(8,25)15-22)17-12-11-16(13-24-17)23-26-19(4,5)20(6,7)27-23/h11-13,25H,14-15H2,1-10H3/t21-,22+. The molecule has 0 aromatic carbocycles. The summed E-state index contributed by atoms with van der Waals surface area (Å²) in [5.74, 6) is 0. The molecule has 2 heterocycles. The van der Waals surface area contributed by atoms with E-state index in [1.165, 1.54) is 0 Å². The molecule has 0 atom stereocenters. The van der Waals surface area contributed by atoms with Crippen molar-refractivity contribution in [2.75, 3.05) is 0 Å². The minimum absolute atomic E-state index is 0.0874. The Balaban J connectivity index is 1.86. The lowest BCUT2D eigenvalue weighted by atomic mass is 9.66. The third-order valence-electron chi connectivity index (χ3n) is 7.37. The number of aromatic nitrogens is 1. The molecule has 1 aliphatic carbocycles. The molecule has 2 aliphatic rings. The molecule has 0 bridgehead atoms. The number of rotatable bonds is 4. The Morgan fingerprint density at radius 2 is 1.55 bits per heavy atom. The lowest BCUT2D eigenvalue weighted by Crippen LogP contribution is -2.60. The lowest BCUT2D eigenvalue weighted by molar-refractivity contribution is -0.169. The maximum absolute atomic E-state index is 10.5. The van der Waals surface area contributed by atoms with Gasteiger partial charge in [-0.25, -0.2) is 0 Å². The van der Waals surface area contributed by atoms with Crippen LogP contribution in [0.4, 0.5) is 0 Å². The van der Waals surface area contributed by atoms with E-state index < -0.39 is 26.6 Å². The van der Waals surface area contributed by atoms with Crippen LogP contribution in [0.3, 0.4) is 0 Å². The molecule has 7 heteroatoms. The lowest BCUT2D eigenvalue weighted by Gasteiger charge is -2.55. The van der Waals surface area contributed by atoms with Gasteiger partial charge in [-0.15, -0.1) is 0 Å². The van der Waals surface area contributed by atoms with Gasteiger partial charge < -0.3 is 18.8 Å². The fraction of sp³-hybridized carbons (Fsp3) is 0.773. The maximum atomic E-state index is 10.5.